The SMILES string of the molecule is O=C(NC(CN1CCCC1=O)c1ccccc1)c1cc(Br)c[nH]1. The number of carbonyl (C=O) groups excluding carboxylic acids is 2. The molecule has 2 amide bonds. The van der Waals surface area contributed by atoms with Gasteiger partial charge in [0.1, 0.15) is 5.69 Å². The molecule has 1 atom stereocenters. The number of hydrogen-bond acceptors (Lipinski definition) is 2. The lowest BCUT2D eigenvalue weighted by Crippen LogP contribution is -2.38. The molecule has 1 aliphatic rings. The summed E-state index contributed by atoms with van der Waals surface area (Å²) in [6.07, 6.45) is 3.20. The Kier molecular flexibility index (Phi) is 4.81. The van der Waals surface area contributed by atoms with Crippen molar-refractivity contribution in [2.45, 2.75) is 18.9 Å². The fraction of sp³-hybridized carbons (Fsp3) is 0.294. The van der Waals surface area contributed by atoms with Crippen LogP contribution in [0.2, 0.25) is 0 Å². The van der Waals surface area contributed by atoms with Crippen LogP contribution in [0, 0.1) is 0 Å². The molecule has 23 heavy (non-hydrogen) atoms. The summed E-state index contributed by atoms with van der Waals surface area (Å²) in [5.41, 5.74) is 1.48. The van der Waals surface area contributed by atoms with Gasteiger partial charge < -0.3 is 15.2 Å². The van der Waals surface area contributed by atoms with E-state index in [-0.39, 0.29) is 17.9 Å². The summed E-state index contributed by atoms with van der Waals surface area (Å²) in [5, 5.41) is 3.03. The highest BCUT2D eigenvalue weighted by Crippen LogP contribution is 2.19. The Balaban J connectivity index is 1.77. The molecular formula is C17H18BrN3O2. The molecule has 0 bridgehead atoms. The summed E-state index contributed by atoms with van der Waals surface area (Å²) in [4.78, 5) is 29.1. The second kappa shape index (κ2) is 7.00. The van der Waals surface area contributed by atoms with E-state index in [9.17, 15) is 9.59 Å². The van der Waals surface area contributed by atoms with Crippen LogP contribution >= 0.6 is 15.9 Å². The monoisotopic (exact) mass is 375 g/mol. The van der Waals surface area contributed by atoms with E-state index in [1.165, 1.54) is 0 Å². The van der Waals surface area contributed by atoms with Crippen molar-refractivity contribution in [1.29, 1.82) is 0 Å². The van der Waals surface area contributed by atoms with E-state index in [0.29, 0.717) is 18.7 Å². The lowest BCUT2D eigenvalue weighted by molar-refractivity contribution is -0.128. The molecule has 2 heterocycles. The minimum Gasteiger partial charge on any atom is -0.356 e. The molecule has 6 heteroatoms. The molecule has 3 rings (SSSR count). The number of aromatic nitrogens is 1. The molecule has 2 N–H and O–H groups in total. The first-order valence-electron chi connectivity index (χ1n) is 7.61. The number of rotatable bonds is 5. The van der Waals surface area contributed by atoms with Crippen LogP contribution in [0.4, 0.5) is 0 Å². The molecule has 1 aromatic heterocycles. The van der Waals surface area contributed by atoms with Gasteiger partial charge in [0.05, 0.1) is 6.04 Å². The quantitative estimate of drug-likeness (QED) is 0.843. The second-order valence-electron chi connectivity index (χ2n) is 5.61. The van der Waals surface area contributed by atoms with Crippen molar-refractivity contribution in [3.05, 3.63) is 58.3 Å². The summed E-state index contributed by atoms with van der Waals surface area (Å²) >= 11 is 3.33. The number of nitrogens with one attached hydrogen (secondary N) is 2. The molecule has 0 spiro atoms. The van der Waals surface area contributed by atoms with Gasteiger partial charge in [-0.2, -0.15) is 0 Å². The molecule has 1 aromatic carbocycles. The van der Waals surface area contributed by atoms with Gasteiger partial charge in [0.2, 0.25) is 5.91 Å². The summed E-state index contributed by atoms with van der Waals surface area (Å²) < 4.78 is 0.827. The van der Waals surface area contributed by atoms with Crippen LogP contribution < -0.4 is 5.32 Å². The number of nitrogens with zero attached hydrogens (tertiary/aromatic N) is 1. The van der Waals surface area contributed by atoms with E-state index in [2.05, 4.69) is 26.2 Å². The number of carbonyl (C=O) groups is 2. The fourth-order valence-corrected chi connectivity index (χ4v) is 3.12. The average Bonchev–Trinajstić information content (AvgIpc) is 3.16. The molecule has 2 aromatic rings. The van der Waals surface area contributed by atoms with Gasteiger partial charge in [-0.1, -0.05) is 30.3 Å². The normalized spacial score (nSPS) is 15.7. The van der Waals surface area contributed by atoms with Crippen LogP contribution in [0.3, 0.4) is 0 Å². The number of aromatic amines is 1. The number of benzene rings is 1. The molecule has 1 unspecified atom stereocenters. The zero-order valence-electron chi connectivity index (χ0n) is 12.6. The highest BCUT2D eigenvalue weighted by molar-refractivity contribution is 9.10. The molecule has 5 nitrogen and oxygen atoms in total. The van der Waals surface area contributed by atoms with Crippen molar-refractivity contribution in [2.24, 2.45) is 0 Å². The molecular weight excluding hydrogens is 358 g/mol. The van der Waals surface area contributed by atoms with Crippen molar-refractivity contribution >= 4 is 27.7 Å². The third-order valence-corrected chi connectivity index (χ3v) is 4.43. The van der Waals surface area contributed by atoms with Crippen LogP contribution in [0.1, 0.15) is 34.9 Å². The molecule has 0 saturated carbocycles. The lowest BCUT2D eigenvalue weighted by atomic mass is 10.1. The van der Waals surface area contributed by atoms with E-state index in [4.69, 9.17) is 0 Å². The van der Waals surface area contributed by atoms with Gasteiger partial charge in [-0.3, -0.25) is 9.59 Å². The van der Waals surface area contributed by atoms with Crippen LogP contribution in [0.5, 0.6) is 0 Å². The second-order valence-corrected chi connectivity index (χ2v) is 6.53. The third-order valence-electron chi connectivity index (χ3n) is 3.97. The Morgan fingerprint density at radius 1 is 1.35 bits per heavy atom. The van der Waals surface area contributed by atoms with Gasteiger partial charge >= 0.3 is 0 Å². The minimum absolute atomic E-state index is 0.155. The lowest BCUT2D eigenvalue weighted by Gasteiger charge is -2.25. The molecule has 0 aliphatic carbocycles. The summed E-state index contributed by atoms with van der Waals surface area (Å²) in [5.74, 6) is -0.0287. The van der Waals surface area contributed by atoms with Crippen LogP contribution in [-0.4, -0.2) is 34.8 Å². The largest absolute Gasteiger partial charge is 0.356 e. The number of H-pyrrole nitrogens is 1. The Labute approximate surface area is 143 Å². The van der Waals surface area contributed by atoms with Crippen molar-refractivity contribution < 1.29 is 9.59 Å². The first-order valence-corrected chi connectivity index (χ1v) is 8.40. The zero-order chi connectivity index (χ0) is 16.2. The third kappa shape index (κ3) is 3.82. The molecule has 0 radical (unpaired) electrons. The standard InChI is InChI=1S/C17H18BrN3O2/c18-13-9-14(19-10-13)17(23)20-15(12-5-2-1-3-6-12)11-21-8-4-7-16(21)22/h1-3,5-6,9-10,15,19H,4,7-8,11H2,(H,20,23). The number of hydrogen-bond donors (Lipinski definition) is 2. The van der Waals surface area contributed by atoms with Gasteiger partial charge in [0, 0.05) is 30.2 Å². The Morgan fingerprint density at radius 2 is 2.13 bits per heavy atom. The van der Waals surface area contributed by atoms with E-state index >= 15 is 0 Å². The van der Waals surface area contributed by atoms with Gasteiger partial charge in [-0.05, 0) is 34.0 Å². The van der Waals surface area contributed by atoms with Crippen molar-refractivity contribution in [3.63, 3.8) is 0 Å². The number of amides is 2. The summed E-state index contributed by atoms with van der Waals surface area (Å²) in [7, 11) is 0. The Morgan fingerprint density at radius 3 is 2.74 bits per heavy atom. The highest BCUT2D eigenvalue weighted by atomic mass is 79.9. The summed E-state index contributed by atoms with van der Waals surface area (Å²) in [6.45, 7) is 1.25. The Bertz CT molecular complexity index is 699. The minimum atomic E-state index is -0.229. The first-order chi connectivity index (χ1) is 11.1. The molecule has 1 saturated heterocycles. The van der Waals surface area contributed by atoms with Gasteiger partial charge in [0.25, 0.3) is 5.91 Å². The maximum atomic E-state index is 12.4. The van der Waals surface area contributed by atoms with Gasteiger partial charge in [-0.15, -0.1) is 0 Å². The van der Waals surface area contributed by atoms with Gasteiger partial charge in [-0.25, -0.2) is 0 Å². The summed E-state index contributed by atoms with van der Waals surface area (Å²) in [6, 6.07) is 11.3. The first kappa shape index (κ1) is 15.8. The molecule has 1 fully saturated rings. The fourth-order valence-electron chi connectivity index (χ4n) is 2.77. The van der Waals surface area contributed by atoms with Crippen LogP contribution in [0.15, 0.2) is 47.1 Å². The molecule has 120 valence electrons. The van der Waals surface area contributed by atoms with Crippen LogP contribution in [0.25, 0.3) is 0 Å². The Hall–Kier alpha value is -2.08. The van der Waals surface area contributed by atoms with E-state index in [1.807, 2.05) is 35.2 Å². The van der Waals surface area contributed by atoms with Gasteiger partial charge in [0.15, 0.2) is 0 Å². The topological polar surface area (TPSA) is 65.2 Å². The van der Waals surface area contributed by atoms with Crippen molar-refractivity contribution in [3.8, 4) is 0 Å². The number of likely N-dealkylation sites (tertiary alicyclic amines) is 1. The predicted molar refractivity (Wildman–Crippen MR) is 91.0 cm³/mol. The maximum Gasteiger partial charge on any atom is 0.268 e. The van der Waals surface area contributed by atoms with Crippen LogP contribution in [-0.2, 0) is 4.79 Å². The smallest absolute Gasteiger partial charge is 0.268 e. The predicted octanol–water partition coefficient (Wildman–Crippen LogP) is 2.87. The number of halogens is 1. The molecule has 1 aliphatic heterocycles. The van der Waals surface area contributed by atoms with E-state index < -0.39 is 0 Å². The van der Waals surface area contributed by atoms with Crippen molar-refractivity contribution in [2.75, 3.05) is 13.1 Å². The highest BCUT2D eigenvalue weighted by Gasteiger charge is 2.25. The average molecular weight is 376 g/mol. The van der Waals surface area contributed by atoms with Crippen molar-refractivity contribution in [1.82, 2.24) is 15.2 Å². The maximum absolute atomic E-state index is 12.4. The van der Waals surface area contributed by atoms with E-state index in [1.54, 1.807) is 12.3 Å². The zero-order valence-corrected chi connectivity index (χ0v) is 14.2. The van der Waals surface area contributed by atoms with E-state index in [0.717, 1.165) is 23.0 Å².